The summed E-state index contributed by atoms with van der Waals surface area (Å²) in [4.78, 5) is 0. The maximum absolute atomic E-state index is 9.23. The van der Waals surface area contributed by atoms with Crippen LogP contribution in [0.4, 0.5) is 0 Å². The Morgan fingerprint density at radius 2 is 1.00 bits per heavy atom. The molecule has 0 aliphatic rings. The Kier molecular flexibility index (Phi) is 3.90. The van der Waals surface area contributed by atoms with Crippen LogP contribution in [0.15, 0.2) is 91.0 Å². The molecule has 0 fully saturated rings. The second kappa shape index (κ2) is 6.35. The van der Waals surface area contributed by atoms with E-state index in [0.29, 0.717) is 0 Å². The van der Waals surface area contributed by atoms with Gasteiger partial charge in [0.25, 0.3) is 0 Å². The van der Waals surface area contributed by atoms with Crippen LogP contribution in [0, 0.1) is 0 Å². The topological polar surface area (TPSA) is 20.2 Å². The van der Waals surface area contributed by atoms with E-state index in [9.17, 15) is 5.02 Å². The van der Waals surface area contributed by atoms with Crippen LogP contribution in [0.3, 0.4) is 0 Å². The molecule has 0 aliphatic heterocycles. The lowest BCUT2D eigenvalue weighted by molar-refractivity contribution is 0.615. The zero-order chi connectivity index (χ0) is 16.4. The van der Waals surface area contributed by atoms with E-state index in [1.807, 2.05) is 18.2 Å². The molecular weight excluding hydrogens is 291 g/mol. The van der Waals surface area contributed by atoms with E-state index in [0.717, 1.165) is 5.46 Å². The van der Waals surface area contributed by atoms with Crippen molar-refractivity contribution < 1.29 is 5.02 Å². The molecule has 0 atom stereocenters. The van der Waals surface area contributed by atoms with Crippen LogP contribution in [0.25, 0.3) is 33.0 Å². The molecule has 4 aromatic rings. The summed E-state index contributed by atoms with van der Waals surface area (Å²) in [6.45, 7) is 0. The molecule has 4 rings (SSSR count). The van der Waals surface area contributed by atoms with Gasteiger partial charge in [-0.1, -0.05) is 96.5 Å². The molecule has 0 saturated heterocycles. The molecule has 24 heavy (non-hydrogen) atoms. The van der Waals surface area contributed by atoms with Gasteiger partial charge in [-0.3, -0.25) is 0 Å². The molecule has 0 spiro atoms. The fourth-order valence-corrected chi connectivity index (χ4v) is 3.21. The van der Waals surface area contributed by atoms with E-state index in [1.54, 1.807) is 0 Å². The standard InChI is InChI=1S/C22H17BO/c24-23-18-12-10-17(11-13-18)20-15-14-19(16-6-2-1-3-7-16)21-8-4-5-9-22(20)21/h1-15,23-24H. The minimum Gasteiger partial charge on any atom is -0.449 e. The molecule has 114 valence electrons. The van der Waals surface area contributed by atoms with Crippen LogP contribution >= 0.6 is 0 Å². The second-order valence-corrected chi connectivity index (χ2v) is 5.93. The van der Waals surface area contributed by atoms with Crippen molar-refractivity contribution in [2.75, 3.05) is 0 Å². The first kappa shape index (κ1) is 14.7. The predicted octanol–water partition coefficient (Wildman–Crippen LogP) is 4.14. The second-order valence-electron chi connectivity index (χ2n) is 5.93. The Morgan fingerprint density at radius 1 is 0.500 bits per heavy atom. The molecule has 0 bridgehead atoms. The van der Waals surface area contributed by atoms with Crippen LogP contribution in [0.2, 0.25) is 0 Å². The van der Waals surface area contributed by atoms with Crippen LogP contribution < -0.4 is 5.46 Å². The molecule has 0 radical (unpaired) electrons. The smallest absolute Gasteiger partial charge is 0.304 e. The Morgan fingerprint density at radius 3 is 1.54 bits per heavy atom. The van der Waals surface area contributed by atoms with Gasteiger partial charge in [0, 0.05) is 0 Å². The zero-order valence-electron chi connectivity index (χ0n) is 13.3. The third kappa shape index (κ3) is 2.62. The van der Waals surface area contributed by atoms with Gasteiger partial charge in [-0.2, -0.15) is 0 Å². The average molecular weight is 308 g/mol. The van der Waals surface area contributed by atoms with Gasteiger partial charge in [0.05, 0.1) is 0 Å². The SMILES string of the molecule is OBc1ccc(-c2ccc(-c3ccccc3)c3ccccc23)cc1. The highest BCUT2D eigenvalue weighted by Gasteiger charge is 2.09. The van der Waals surface area contributed by atoms with E-state index in [-0.39, 0.29) is 7.48 Å². The number of fused-ring (bicyclic) bond motifs is 1. The first-order chi connectivity index (χ1) is 11.9. The minimum absolute atomic E-state index is 0.0774. The molecule has 0 saturated carbocycles. The number of hydrogen-bond donors (Lipinski definition) is 1. The molecule has 4 aromatic carbocycles. The molecule has 0 amide bonds. The molecule has 0 unspecified atom stereocenters. The lowest BCUT2D eigenvalue weighted by Gasteiger charge is -2.12. The van der Waals surface area contributed by atoms with Gasteiger partial charge in [-0.25, -0.2) is 0 Å². The largest absolute Gasteiger partial charge is 0.449 e. The summed E-state index contributed by atoms with van der Waals surface area (Å²) in [5, 5.41) is 11.7. The van der Waals surface area contributed by atoms with Gasteiger partial charge in [-0.15, -0.1) is 0 Å². The fourth-order valence-electron chi connectivity index (χ4n) is 3.21. The molecule has 1 nitrogen and oxygen atoms in total. The quantitative estimate of drug-likeness (QED) is 0.564. The number of rotatable bonds is 3. The molecular formula is C22H17BO. The van der Waals surface area contributed by atoms with Crippen molar-refractivity contribution >= 4 is 23.7 Å². The summed E-state index contributed by atoms with van der Waals surface area (Å²) in [5.41, 5.74) is 5.81. The Balaban J connectivity index is 1.92. The summed E-state index contributed by atoms with van der Waals surface area (Å²) >= 11 is 0. The van der Waals surface area contributed by atoms with E-state index in [1.165, 1.54) is 33.0 Å². The number of benzene rings is 4. The van der Waals surface area contributed by atoms with Crippen molar-refractivity contribution in [3.05, 3.63) is 91.0 Å². The van der Waals surface area contributed by atoms with Crippen molar-refractivity contribution in [1.29, 1.82) is 0 Å². The van der Waals surface area contributed by atoms with Gasteiger partial charge < -0.3 is 5.02 Å². The summed E-state index contributed by atoms with van der Waals surface area (Å²) in [7, 11) is 0.0774. The Hall–Kier alpha value is -2.84. The Bertz CT molecular complexity index is 976. The van der Waals surface area contributed by atoms with Crippen LogP contribution in [-0.4, -0.2) is 12.5 Å². The van der Waals surface area contributed by atoms with Crippen LogP contribution in [0.1, 0.15) is 0 Å². The first-order valence-corrected chi connectivity index (χ1v) is 8.14. The van der Waals surface area contributed by atoms with Crippen LogP contribution in [0.5, 0.6) is 0 Å². The van der Waals surface area contributed by atoms with Gasteiger partial charge in [0.15, 0.2) is 0 Å². The van der Waals surface area contributed by atoms with Crippen molar-refractivity contribution in [1.82, 2.24) is 0 Å². The van der Waals surface area contributed by atoms with Crippen LogP contribution in [-0.2, 0) is 0 Å². The Labute approximate surface area is 142 Å². The van der Waals surface area contributed by atoms with Gasteiger partial charge >= 0.3 is 7.48 Å². The van der Waals surface area contributed by atoms with Crippen molar-refractivity contribution in [3.8, 4) is 22.3 Å². The van der Waals surface area contributed by atoms with E-state index in [2.05, 4.69) is 72.8 Å². The average Bonchev–Trinajstić information content (AvgIpc) is 2.68. The van der Waals surface area contributed by atoms with Crippen molar-refractivity contribution in [2.45, 2.75) is 0 Å². The van der Waals surface area contributed by atoms with Crippen molar-refractivity contribution in [2.24, 2.45) is 0 Å². The normalized spacial score (nSPS) is 10.7. The highest BCUT2D eigenvalue weighted by atomic mass is 16.2. The first-order valence-electron chi connectivity index (χ1n) is 8.14. The molecule has 1 N–H and O–H groups in total. The minimum atomic E-state index is 0.0774. The maximum Gasteiger partial charge on any atom is 0.304 e. The zero-order valence-corrected chi connectivity index (χ0v) is 13.3. The lowest BCUT2D eigenvalue weighted by atomic mass is 9.86. The van der Waals surface area contributed by atoms with Crippen molar-refractivity contribution in [3.63, 3.8) is 0 Å². The summed E-state index contributed by atoms with van der Waals surface area (Å²) in [5.74, 6) is 0. The highest BCUT2D eigenvalue weighted by molar-refractivity contribution is 6.45. The molecule has 0 aromatic heterocycles. The summed E-state index contributed by atoms with van der Waals surface area (Å²) in [6.07, 6.45) is 0. The summed E-state index contributed by atoms with van der Waals surface area (Å²) in [6, 6.07) is 31.5. The fraction of sp³-hybridized carbons (Fsp3) is 0. The summed E-state index contributed by atoms with van der Waals surface area (Å²) < 4.78 is 0. The van der Waals surface area contributed by atoms with E-state index >= 15 is 0 Å². The van der Waals surface area contributed by atoms with Gasteiger partial charge in [0.1, 0.15) is 0 Å². The number of hydrogen-bond acceptors (Lipinski definition) is 1. The molecule has 2 heteroatoms. The lowest BCUT2D eigenvalue weighted by Crippen LogP contribution is -2.11. The maximum atomic E-state index is 9.23. The molecule has 0 aliphatic carbocycles. The van der Waals surface area contributed by atoms with Gasteiger partial charge in [-0.05, 0) is 33.0 Å². The third-order valence-electron chi connectivity index (χ3n) is 4.46. The molecule has 0 heterocycles. The highest BCUT2D eigenvalue weighted by Crippen LogP contribution is 2.35. The third-order valence-corrected chi connectivity index (χ3v) is 4.46. The van der Waals surface area contributed by atoms with Gasteiger partial charge in [0.2, 0.25) is 0 Å². The van der Waals surface area contributed by atoms with E-state index < -0.39 is 0 Å². The predicted molar refractivity (Wildman–Crippen MR) is 104 cm³/mol. The van der Waals surface area contributed by atoms with E-state index in [4.69, 9.17) is 0 Å². The monoisotopic (exact) mass is 308 g/mol.